The number of carbonyl (C=O) groups is 2. The molecule has 0 fully saturated rings. The molecule has 0 saturated carbocycles. The highest BCUT2D eigenvalue weighted by Crippen LogP contribution is 2.27. The van der Waals surface area contributed by atoms with Gasteiger partial charge in [0, 0.05) is 34.6 Å². The van der Waals surface area contributed by atoms with Crippen LogP contribution in [0.25, 0.3) is 0 Å². The fourth-order valence-corrected chi connectivity index (χ4v) is 3.58. The van der Waals surface area contributed by atoms with E-state index in [1.807, 2.05) is 48.3 Å². The summed E-state index contributed by atoms with van der Waals surface area (Å²) in [6.45, 7) is 0. The minimum atomic E-state index is -0.445. The molecule has 0 radical (unpaired) electrons. The second-order valence-electron chi connectivity index (χ2n) is 7.56. The van der Waals surface area contributed by atoms with Crippen molar-refractivity contribution in [2.75, 3.05) is 19.1 Å². The molecule has 0 unspecified atom stereocenters. The Morgan fingerprint density at radius 2 is 1.24 bits per heavy atom. The van der Waals surface area contributed by atoms with E-state index in [1.165, 1.54) is 7.11 Å². The Hall–Kier alpha value is -4.09. The molecule has 0 saturated heterocycles. The summed E-state index contributed by atoms with van der Waals surface area (Å²) in [5.41, 5.74) is 3.39. The molecule has 0 aliphatic heterocycles. The molecule has 0 amide bonds. The lowest BCUT2D eigenvalue weighted by molar-refractivity contribution is 0.0600. The molecule has 4 aromatic rings. The Morgan fingerprint density at radius 1 is 0.706 bits per heavy atom. The van der Waals surface area contributed by atoms with Gasteiger partial charge < -0.3 is 14.4 Å². The molecule has 0 aromatic heterocycles. The fourth-order valence-electron chi connectivity index (χ4n) is 3.46. The predicted molar refractivity (Wildman–Crippen MR) is 134 cm³/mol. The quantitative estimate of drug-likeness (QED) is 0.216. The van der Waals surface area contributed by atoms with Crippen molar-refractivity contribution in [3.8, 4) is 11.5 Å². The van der Waals surface area contributed by atoms with E-state index in [9.17, 15) is 9.59 Å². The van der Waals surface area contributed by atoms with Crippen LogP contribution in [-0.2, 0) is 4.74 Å². The summed E-state index contributed by atoms with van der Waals surface area (Å²) < 4.78 is 10.6. The number of hydrogen-bond donors (Lipinski definition) is 0. The number of anilines is 2. The third-order valence-electron chi connectivity index (χ3n) is 5.32. The number of hydrogen-bond acceptors (Lipinski definition) is 5. The first kappa shape index (κ1) is 23.1. The monoisotopic (exact) mass is 471 g/mol. The second kappa shape index (κ2) is 10.2. The van der Waals surface area contributed by atoms with E-state index in [0.29, 0.717) is 33.2 Å². The number of carbonyl (C=O) groups excluding carboxylic acids is 2. The summed E-state index contributed by atoms with van der Waals surface area (Å²) >= 11 is 5.97. The summed E-state index contributed by atoms with van der Waals surface area (Å²) in [7, 11) is 3.28. The van der Waals surface area contributed by atoms with Gasteiger partial charge in [0.25, 0.3) is 0 Å². The molecule has 0 aliphatic carbocycles. The third kappa shape index (κ3) is 5.27. The van der Waals surface area contributed by atoms with Crippen molar-refractivity contribution in [1.29, 1.82) is 0 Å². The van der Waals surface area contributed by atoms with E-state index in [0.717, 1.165) is 11.4 Å². The molecule has 0 N–H and O–H groups in total. The molecule has 4 aromatic carbocycles. The SMILES string of the molecule is COC(=O)c1cccc(Oc2cccc(C(=O)c3ccc(N(C)c4ccc(Cl)cc4)cc3)c2)c1. The van der Waals surface area contributed by atoms with Crippen LogP contribution in [-0.4, -0.2) is 25.9 Å². The number of nitrogens with zero attached hydrogens (tertiary/aromatic N) is 1. The Balaban J connectivity index is 1.50. The molecule has 0 aliphatic rings. The summed E-state index contributed by atoms with van der Waals surface area (Å²) in [6, 6.07) is 28.6. The molecular weight excluding hydrogens is 450 g/mol. The zero-order valence-corrected chi connectivity index (χ0v) is 19.5. The van der Waals surface area contributed by atoms with Crippen LogP contribution in [0.1, 0.15) is 26.3 Å². The zero-order valence-electron chi connectivity index (χ0n) is 18.7. The van der Waals surface area contributed by atoms with Gasteiger partial charge in [0.05, 0.1) is 12.7 Å². The van der Waals surface area contributed by atoms with Gasteiger partial charge in [0.15, 0.2) is 5.78 Å². The largest absolute Gasteiger partial charge is 0.465 e. The van der Waals surface area contributed by atoms with Crippen molar-refractivity contribution in [3.63, 3.8) is 0 Å². The van der Waals surface area contributed by atoms with Gasteiger partial charge in [0.2, 0.25) is 0 Å². The minimum Gasteiger partial charge on any atom is -0.465 e. The molecule has 0 bridgehead atoms. The molecular formula is C28H22ClNO4. The van der Waals surface area contributed by atoms with E-state index in [2.05, 4.69) is 0 Å². The average molecular weight is 472 g/mol. The summed E-state index contributed by atoms with van der Waals surface area (Å²) in [5, 5.41) is 0.681. The van der Waals surface area contributed by atoms with E-state index >= 15 is 0 Å². The first-order valence-corrected chi connectivity index (χ1v) is 10.9. The average Bonchev–Trinajstić information content (AvgIpc) is 2.88. The van der Waals surface area contributed by atoms with E-state index in [1.54, 1.807) is 60.7 Å². The normalized spacial score (nSPS) is 10.4. The summed E-state index contributed by atoms with van der Waals surface area (Å²) in [6.07, 6.45) is 0. The van der Waals surface area contributed by atoms with Gasteiger partial charge in [-0.05, 0) is 78.9 Å². The van der Waals surface area contributed by atoms with Crippen LogP contribution in [0, 0.1) is 0 Å². The highest BCUT2D eigenvalue weighted by molar-refractivity contribution is 6.30. The maximum atomic E-state index is 13.1. The topological polar surface area (TPSA) is 55.8 Å². The van der Waals surface area contributed by atoms with Crippen molar-refractivity contribution in [3.05, 3.63) is 119 Å². The number of halogens is 1. The standard InChI is InChI=1S/C28H22ClNO4/c1-30(24-15-11-22(29)12-16-24)23-13-9-19(10-14-23)27(31)20-5-3-7-25(17-20)34-26-8-4-6-21(18-26)28(32)33-2/h3-18H,1-2H3. The van der Waals surface area contributed by atoms with Crippen LogP contribution in [0.15, 0.2) is 97.1 Å². The van der Waals surface area contributed by atoms with Crippen molar-refractivity contribution in [2.45, 2.75) is 0 Å². The van der Waals surface area contributed by atoms with Crippen LogP contribution in [0.3, 0.4) is 0 Å². The molecule has 5 nitrogen and oxygen atoms in total. The van der Waals surface area contributed by atoms with E-state index in [4.69, 9.17) is 21.1 Å². The fraction of sp³-hybridized carbons (Fsp3) is 0.0714. The van der Waals surface area contributed by atoms with Gasteiger partial charge in [-0.1, -0.05) is 29.8 Å². The Bertz CT molecular complexity index is 1320. The summed E-state index contributed by atoms with van der Waals surface area (Å²) in [5.74, 6) is 0.406. The Morgan fingerprint density at radius 3 is 1.82 bits per heavy atom. The lowest BCUT2D eigenvalue weighted by atomic mass is 10.0. The second-order valence-corrected chi connectivity index (χ2v) is 8.00. The molecule has 0 atom stereocenters. The van der Waals surface area contributed by atoms with Crippen LogP contribution in [0.4, 0.5) is 11.4 Å². The van der Waals surface area contributed by atoms with Crippen molar-refractivity contribution in [2.24, 2.45) is 0 Å². The zero-order chi connectivity index (χ0) is 24.1. The third-order valence-corrected chi connectivity index (χ3v) is 5.57. The number of benzene rings is 4. The smallest absolute Gasteiger partial charge is 0.337 e. The molecule has 0 heterocycles. The van der Waals surface area contributed by atoms with Crippen molar-refractivity contribution in [1.82, 2.24) is 0 Å². The first-order chi connectivity index (χ1) is 16.4. The van der Waals surface area contributed by atoms with Crippen molar-refractivity contribution < 1.29 is 19.1 Å². The molecule has 0 spiro atoms. The first-order valence-electron chi connectivity index (χ1n) is 10.5. The Kier molecular flexibility index (Phi) is 6.95. The number of methoxy groups -OCH3 is 1. The number of ketones is 1. The van der Waals surface area contributed by atoms with E-state index < -0.39 is 5.97 Å². The lowest BCUT2D eigenvalue weighted by Crippen LogP contribution is -2.09. The van der Waals surface area contributed by atoms with Gasteiger partial charge in [0.1, 0.15) is 11.5 Å². The predicted octanol–water partition coefficient (Wildman–Crippen LogP) is 6.92. The van der Waals surface area contributed by atoms with Gasteiger partial charge in [-0.3, -0.25) is 4.79 Å². The van der Waals surface area contributed by atoms with Gasteiger partial charge in [-0.15, -0.1) is 0 Å². The Labute approximate surface area is 203 Å². The van der Waals surface area contributed by atoms with Crippen LogP contribution >= 0.6 is 11.6 Å². The van der Waals surface area contributed by atoms with E-state index in [-0.39, 0.29) is 5.78 Å². The highest BCUT2D eigenvalue weighted by Gasteiger charge is 2.12. The van der Waals surface area contributed by atoms with Crippen LogP contribution < -0.4 is 9.64 Å². The van der Waals surface area contributed by atoms with Crippen LogP contribution in [0.2, 0.25) is 5.02 Å². The van der Waals surface area contributed by atoms with Gasteiger partial charge in [-0.25, -0.2) is 4.79 Å². The number of esters is 1. The van der Waals surface area contributed by atoms with Crippen molar-refractivity contribution >= 4 is 34.7 Å². The molecule has 34 heavy (non-hydrogen) atoms. The number of rotatable bonds is 7. The molecule has 4 rings (SSSR count). The lowest BCUT2D eigenvalue weighted by Gasteiger charge is -2.19. The van der Waals surface area contributed by atoms with Gasteiger partial charge >= 0.3 is 5.97 Å². The maximum Gasteiger partial charge on any atom is 0.337 e. The maximum absolute atomic E-state index is 13.1. The molecule has 6 heteroatoms. The summed E-state index contributed by atoms with van der Waals surface area (Å²) in [4.78, 5) is 26.8. The number of ether oxygens (including phenoxy) is 2. The van der Waals surface area contributed by atoms with Gasteiger partial charge in [-0.2, -0.15) is 0 Å². The van der Waals surface area contributed by atoms with Crippen LogP contribution in [0.5, 0.6) is 11.5 Å². The highest BCUT2D eigenvalue weighted by atomic mass is 35.5. The minimum absolute atomic E-state index is 0.116. The molecule has 170 valence electrons.